The van der Waals surface area contributed by atoms with E-state index >= 15 is 0 Å². The molecular formula is C13H18N2O4. The smallest absolute Gasteiger partial charge is 0.415 e. The molecule has 0 aromatic heterocycles. The van der Waals surface area contributed by atoms with Crippen LogP contribution in [0.3, 0.4) is 0 Å². The van der Waals surface area contributed by atoms with E-state index in [-0.39, 0.29) is 6.09 Å². The Hall–Kier alpha value is -1.95. The standard InChI is InChI=1S/C13H18N2O4/c1-17-10-4-3-5-11(12(10)18-2)19-13(16)15-8-6-14-7-9-15/h3-5,14H,6-9H2,1-2H3. The van der Waals surface area contributed by atoms with Crippen LogP contribution in [0.15, 0.2) is 18.2 Å². The first-order valence-electron chi connectivity index (χ1n) is 6.14. The Morgan fingerprint density at radius 2 is 1.84 bits per heavy atom. The summed E-state index contributed by atoms with van der Waals surface area (Å²) in [6, 6.07) is 5.18. The van der Waals surface area contributed by atoms with E-state index in [9.17, 15) is 4.79 Å². The number of carbonyl (C=O) groups is 1. The van der Waals surface area contributed by atoms with Gasteiger partial charge in [-0.2, -0.15) is 0 Å². The maximum atomic E-state index is 12.0. The molecule has 0 saturated carbocycles. The molecule has 104 valence electrons. The van der Waals surface area contributed by atoms with Gasteiger partial charge in [0.2, 0.25) is 5.75 Å². The SMILES string of the molecule is COc1cccc(OC(=O)N2CCNCC2)c1OC. The summed E-state index contributed by atoms with van der Waals surface area (Å²) in [6.07, 6.45) is -0.368. The van der Waals surface area contributed by atoms with Gasteiger partial charge in [-0.15, -0.1) is 0 Å². The molecule has 1 fully saturated rings. The maximum absolute atomic E-state index is 12.0. The second kappa shape index (κ2) is 6.29. The number of carbonyl (C=O) groups excluding carboxylic acids is 1. The van der Waals surface area contributed by atoms with Crippen molar-refractivity contribution in [3.8, 4) is 17.2 Å². The number of piperazine rings is 1. The Balaban J connectivity index is 2.11. The summed E-state index contributed by atoms with van der Waals surface area (Å²) in [5.41, 5.74) is 0. The van der Waals surface area contributed by atoms with E-state index in [4.69, 9.17) is 14.2 Å². The van der Waals surface area contributed by atoms with E-state index < -0.39 is 0 Å². The minimum absolute atomic E-state index is 0.366. The van der Waals surface area contributed by atoms with Crippen molar-refractivity contribution in [1.29, 1.82) is 0 Å². The number of ether oxygens (including phenoxy) is 3. The Kier molecular flexibility index (Phi) is 4.46. The van der Waals surface area contributed by atoms with Gasteiger partial charge in [-0.05, 0) is 12.1 Å². The summed E-state index contributed by atoms with van der Waals surface area (Å²) in [7, 11) is 3.06. The van der Waals surface area contributed by atoms with Crippen LogP contribution in [0.2, 0.25) is 0 Å². The molecule has 6 nitrogen and oxygen atoms in total. The van der Waals surface area contributed by atoms with Crippen molar-refractivity contribution in [3.05, 3.63) is 18.2 Å². The summed E-state index contributed by atoms with van der Waals surface area (Å²) in [4.78, 5) is 13.7. The molecule has 0 atom stereocenters. The Bertz CT molecular complexity index is 444. The van der Waals surface area contributed by atoms with Gasteiger partial charge in [0.15, 0.2) is 11.5 Å². The summed E-state index contributed by atoms with van der Waals surface area (Å²) in [5.74, 6) is 1.33. The highest BCUT2D eigenvalue weighted by atomic mass is 16.6. The van der Waals surface area contributed by atoms with Crippen LogP contribution in [-0.2, 0) is 0 Å². The topological polar surface area (TPSA) is 60.0 Å². The lowest BCUT2D eigenvalue weighted by atomic mass is 10.3. The zero-order chi connectivity index (χ0) is 13.7. The van der Waals surface area contributed by atoms with Crippen LogP contribution in [0.1, 0.15) is 0 Å². The second-order valence-electron chi connectivity index (χ2n) is 4.10. The molecule has 19 heavy (non-hydrogen) atoms. The molecule has 6 heteroatoms. The average Bonchev–Trinajstić information content (AvgIpc) is 2.47. The predicted molar refractivity (Wildman–Crippen MR) is 70.0 cm³/mol. The number of benzene rings is 1. The van der Waals surface area contributed by atoms with E-state index in [1.165, 1.54) is 7.11 Å². The molecule has 1 aliphatic rings. The minimum atomic E-state index is -0.368. The molecule has 0 aliphatic carbocycles. The number of nitrogens with zero attached hydrogens (tertiary/aromatic N) is 1. The van der Waals surface area contributed by atoms with Gasteiger partial charge in [0.25, 0.3) is 0 Å². The van der Waals surface area contributed by atoms with E-state index in [0.717, 1.165) is 13.1 Å². The molecule has 1 aromatic carbocycles. The summed E-state index contributed by atoms with van der Waals surface area (Å²) in [6.45, 7) is 2.85. The maximum Gasteiger partial charge on any atom is 0.415 e. The molecule has 0 spiro atoms. The van der Waals surface area contributed by atoms with Gasteiger partial charge in [0, 0.05) is 26.2 Å². The zero-order valence-corrected chi connectivity index (χ0v) is 11.1. The van der Waals surface area contributed by atoms with Crippen molar-refractivity contribution in [3.63, 3.8) is 0 Å². The fourth-order valence-electron chi connectivity index (χ4n) is 1.94. The van der Waals surface area contributed by atoms with Gasteiger partial charge in [0.05, 0.1) is 14.2 Å². The fraction of sp³-hybridized carbons (Fsp3) is 0.462. The largest absolute Gasteiger partial charge is 0.493 e. The number of hydrogen-bond donors (Lipinski definition) is 1. The van der Waals surface area contributed by atoms with Crippen LogP contribution in [0.25, 0.3) is 0 Å². The van der Waals surface area contributed by atoms with Gasteiger partial charge < -0.3 is 24.4 Å². The molecule has 1 amide bonds. The van der Waals surface area contributed by atoms with Crippen LogP contribution >= 0.6 is 0 Å². The first-order chi connectivity index (χ1) is 9.26. The molecule has 2 rings (SSSR count). The lowest BCUT2D eigenvalue weighted by Crippen LogP contribution is -2.47. The molecule has 0 unspecified atom stereocenters. The second-order valence-corrected chi connectivity index (χ2v) is 4.10. The van der Waals surface area contributed by atoms with E-state index in [2.05, 4.69) is 5.32 Å². The third-order valence-corrected chi connectivity index (χ3v) is 2.94. The summed E-state index contributed by atoms with van der Waals surface area (Å²) < 4.78 is 15.8. The summed E-state index contributed by atoms with van der Waals surface area (Å²) in [5, 5.41) is 3.18. The molecule has 0 bridgehead atoms. The van der Waals surface area contributed by atoms with Crippen LogP contribution in [0, 0.1) is 0 Å². The Morgan fingerprint density at radius 3 is 2.47 bits per heavy atom. The highest BCUT2D eigenvalue weighted by Crippen LogP contribution is 2.36. The monoisotopic (exact) mass is 266 g/mol. The van der Waals surface area contributed by atoms with Gasteiger partial charge in [-0.1, -0.05) is 6.07 Å². The molecule has 0 radical (unpaired) electrons. The highest BCUT2D eigenvalue weighted by Gasteiger charge is 2.20. The van der Waals surface area contributed by atoms with Crippen LogP contribution in [0.4, 0.5) is 4.79 Å². The number of para-hydroxylation sites is 1. The third-order valence-electron chi connectivity index (χ3n) is 2.94. The predicted octanol–water partition coefficient (Wildman–Crippen LogP) is 1.11. The van der Waals surface area contributed by atoms with Gasteiger partial charge in [-0.25, -0.2) is 4.79 Å². The molecule has 1 aromatic rings. The first kappa shape index (κ1) is 13.5. The summed E-state index contributed by atoms with van der Waals surface area (Å²) >= 11 is 0. The number of methoxy groups -OCH3 is 2. The zero-order valence-electron chi connectivity index (χ0n) is 11.1. The first-order valence-corrected chi connectivity index (χ1v) is 6.14. The molecular weight excluding hydrogens is 248 g/mol. The Morgan fingerprint density at radius 1 is 1.16 bits per heavy atom. The van der Waals surface area contributed by atoms with Crippen molar-refractivity contribution in [2.24, 2.45) is 0 Å². The average molecular weight is 266 g/mol. The van der Waals surface area contributed by atoms with Gasteiger partial charge in [0.1, 0.15) is 0 Å². The van der Waals surface area contributed by atoms with Gasteiger partial charge in [-0.3, -0.25) is 0 Å². The number of rotatable bonds is 3. The minimum Gasteiger partial charge on any atom is -0.493 e. The van der Waals surface area contributed by atoms with Crippen LogP contribution in [-0.4, -0.2) is 51.4 Å². The van der Waals surface area contributed by atoms with Crippen molar-refractivity contribution in [2.75, 3.05) is 40.4 Å². The van der Waals surface area contributed by atoms with Gasteiger partial charge >= 0.3 is 6.09 Å². The number of amides is 1. The van der Waals surface area contributed by atoms with Crippen LogP contribution in [0.5, 0.6) is 17.2 Å². The normalized spacial score (nSPS) is 14.9. The Labute approximate surface area is 112 Å². The lowest BCUT2D eigenvalue weighted by Gasteiger charge is -2.26. The highest BCUT2D eigenvalue weighted by molar-refractivity contribution is 5.72. The van der Waals surface area contributed by atoms with Crippen molar-refractivity contribution in [2.45, 2.75) is 0 Å². The van der Waals surface area contributed by atoms with E-state index in [0.29, 0.717) is 30.3 Å². The fourth-order valence-corrected chi connectivity index (χ4v) is 1.94. The van der Waals surface area contributed by atoms with Crippen molar-refractivity contribution in [1.82, 2.24) is 10.2 Å². The van der Waals surface area contributed by atoms with E-state index in [1.54, 1.807) is 30.2 Å². The number of hydrogen-bond acceptors (Lipinski definition) is 5. The number of nitrogens with one attached hydrogen (secondary N) is 1. The quantitative estimate of drug-likeness (QED) is 0.888. The lowest BCUT2D eigenvalue weighted by molar-refractivity contribution is 0.144. The molecule has 1 aliphatic heterocycles. The molecule has 1 N–H and O–H groups in total. The molecule has 1 heterocycles. The molecule has 1 saturated heterocycles. The van der Waals surface area contributed by atoms with Crippen molar-refractivity contribution >= 4 is 6.09 Å². The van der Waals surface area contributed by atoms with E-state index in [1.807, 2.05) is 0 Å². The van der Waals surface area contributed by atoms with Crippen LogP contribution < -0.4 is 19.5 Å². The third kappa shape index (κ3) is 3.08. The van der Waals surface area contributed by atoms with Crippen molar-refractivity contribution < 1.29 is 19.0 Å².